The van der Waals surface area contributed by atoms with Crippen molar-refractivity contribution in [3.05, 3.63) is 247 Å². The zero-order valence-corrected chi connectivity index (χ0v) is 32.9. The predicted octanol–water partition coefficient (Wildman–Crippen LogP) is 14.9. The summed E-state index contributed by atoms with van der Waals surface area (Å²) in [5, 5.41) is 2.54. The van der Waals surface area contributed by atoms with E-state index in [2.05, 4.69) is 239 Å². The molecular weight excluding hydrogens is 735 g/mol. The number of aromatic nitrogens is 1. The van der Waals surface area contributed by atoms with E-state index in [0.29, 0.717) is 0 Å². The Kier molecular flexibility index (Phi) is 7.69. The van der Waals surface area contributed by atoms with Crippen LogP contribution in [0.3, 0.4) is 0 Å². The third kappa shape index (κ3) is 4.97. The number of hydrogen-bond donors (Lipinski definition) is 0. The summed E-state index contributed by atoms with van der Waals surface area (Å²) < 4.78 is 2.46. The monoisotopic (exact) mass is 771 g/mol. The fourth-order valence-electron chi connectivity index (χ4n) is 9.86. The van der Waals surface area contributed by atoms with E-state index in [1.165, 1.54) is 65.2 Å². The summed E-state index contributed by atoms with van der Waals surface area (Å²) in [6, 6.07) is 82.0. The van der Waals surface area contributed by atoms with Gasteiger partial charge in [-0.05, 0) is 113 Å². The SMILES string of the molecule is c1ccc(N(c2ccccc2)c2ccc(-n3c4ccccc4c4c5c(ccc43)C3(c4ccccc4S5)c4ccccc4N(c4ccccc4)c4ccccc43)cc2)cc1. The molecular formula is C55H37N3S. The third-order valence-corrected chi connectivity index (χ3v) is 13.4. The molecule has 10 aromatic rings. The van der Waals surface area contributed by atoms with Gasteiger partial charge in [-0.25, -0.2) is 0 Å². The number of para-hydroxylation sites is 6. The van der Waals surface area contributed by atoms with Crippen LogP contribution in [0.5, 0.6) is 0 Å². The first-order valence-electron chi connectivity index (χ1n) is 20.2. The standard InChI is InChI=1S/C55H37N3S/c1-4-18-38(19-5-1)56(39-20-6-2-7-21-39)41-32-34-42(35-33-41)57-48-28-14-10-24-43(48)53-51(57)37-36-47-54(53)59-52-31-17-13-27-46(52)55(47)44-25-11-15-29-49(44)58(40-22-8-3-9-23-40)50-30-16-12-26-45(50)55/h1-37H. The third-order valence-electron chi connectivity index (χ3n) is 12.2. The van der Waals surface area contributed by atoms with Gasteiger partial charge in [0.2, 0.25) is 0 Å². The normalized spacial score (nSPS) is 13.5. The van der Waals surface area contributed by atoms with Crippen molar-refractivity contribution in [3.8, 4) is 5.69 Å². The first-order valence-corrected chi connectivity index (χ1v) is 21.0. The number of hydrogen-bond acceptors (Lipinski definition) is 3. The second-order valence-electron chi connectivity index (χ2n) is 15.3. The van der Waals surface area contributed by atoms with Gasteiger partial charge in [0.1, 0.15) is 0 Å². The van der Waals surface area contributed by atoms with Gasteiger partial charge in [-0.1, -0.05) is 145 Å². The summed E-state index contributed by atoms with van der Waals surface area (Å²) in [6.45, 7) is 0. The maximum atomic E-state index is 2.46. The first kappa shape index (κ1) is 33.8. The second-order valence-corrected chi connectivity index (χ2v) is 16.3. The van der Waals surface area contributed by atoms with E-state index in [4.69, 9.17) is 0 Å². The molecule has 0 saturated heterocycles. The van der Waals surface area contributed by atoms with Crippen molar-refractivity contribution in [2.75, 3.05) is 9.80 Å². The lowest BCUT2D eigenvalue weighted by Gasteiger charge is -2.49. The van der Waals surface area contributed by atoms with Crippen LogP contribution in [0, 0.1) is 0 Å². The molecule has 0 radical (unpaired) electrons. The molecule has 2 aliphatic rings. The highest BCUT2D eigenvalue weighted by molar-refractivity contribution is 7.99. The smallest absolute Gasteiger partial charge is 0.0764 e. The molecule has 278 valence electrons. The van der Waals surface area contributed by atoms with E-state index >= 15 is 0 Å². The summed E-state index contributed by atoms with van der Waals surface area (Å²) in [7, 11) is 0. The molecule has 59 heavy (non-hydrogen) atoms. The molecule has 0 fully saturated rings. The van der Waals surface area contributed by atoms with E-state index in [-0.39, 0.29) is 0 Å². The van der Waals surface area contributed by atoms with Crippen LogP contribution in [-0.2, 0) is 5.41 Å². The molecule has 0 bridgehead atoms. The van der Waals surface area contributed by atoms with Crippen LogP contribution in [0.25, 0.3) is 27.5 Å². The lowest BCUT2D eigenvalue weighted by atomic mass is 9.62. The zero-order chi connectivity index (χ0) is 38.9. The zero-order valence-electron chi connectivity index (χ0n) is 32.1. The summed E-state index contributed by atoms with van der Waals surface area (Å²) in [6.07, 6.45) is 0. The molecule has 0 aliphatic carbocycles. The van der Waals surface area contributed by atoms with Crippen molar-refractivity contribution in [1.29, 1.82) is 0 Å². The van der Waals surface area contributed by atoms with E-state index in [1.807, 2.05) is 11.8 Å². The molecule has 1 aromatic heterocycles. The Morgan fingerprint density at radius 1 is 0.373 bits per heavy atom. The highest BCUT2D eigenvalue weighted by Crippen LogP contribution is 2.64. The van der Waals surface area contributed by atoms with Gasteiger partial charge >= 0.3 is 0 Å². The van der Waals surface area contributed by atoms with Crippen molar-refractivity contribution < 1.29 is 0 Å². The molecule has 2 aliphatic heterocycles. The van der Waals surface area contributed by atoms with E-state index in [1.54, 1.807) is 0 Å². The van der Waals surface area contributed by atoms with E-state index < -0.39 is 5.41 Å². The summed E-state index contributed by atoms with van der Waals surface area (Å²) in [5.41, 5.74) is 15.1. The van der Waals surface area contributed by atoms with Crippen molar-refractivity contribution in [3.63, 3.8) is 0 Å². The number of fused-ring (bicyclic) bond motifs is 12. The summed E-state index contributed by atoms with van der Waals surface area (Å²) >= 11 is 1.92. The van der Waals surface area contributed by atoms with Crippen LogP contribution in [0.1, 0.15) is 22.3 Å². The Morgan fingerprint density at radius 3 is 1.56 bits per heavy atom. The van der Waals surface area contributed by atoms with Crippen LogP contribution in [0.4, 0.5) is 34.1 Å². The van der Waals surface area contributed by atoms with Gasteiger partial charge in [-0.2, -0.15) is 0 Å². The van der Waals surface area contributed by atoms with Gasteiger partial charge in [0.05, 0.1) is 27.8 Å². The molecule has 0 N–H and O–H groups in total. The largest absolute Gasteiger partial charge is 0.311 e. The summed E-state index contributed by atoms with van der Waals surface area (Å²) in [5.74, 6) is 0. The molecule has 3 heterocycles. The predicted molar refractivity (Wildman–Crippen MR) is 246 cm³/mol. The van der Waals surface area contributed by atoms with Crippen LogP contribution >= 0.6 is 11.8 Å². The minimum absolute atomic E-state index is 0.549. The Labute approximate surface area is 348 Å². The quantitative estimate of drug-likeness (QED) is 0.173. The molecule has 9 aromatic carbocycles. The second kappa shape index (κ2) is 13.4. The van der Waals surface area contributed by atoms with Crippen molar-refractivity contribution in [2.24, 2.45) is 0 Å². The number of rotatable bonds is 5. The first-order chi connectivity index (χ1) is 29.3. The van der Waals surface area contributed by atoms with Gasteiger partial charge in [-0.3, -0.25) is 0 Å². The maximum Gasteiger partial charge on any atom is 0.0764 e. The minimum atomic E-state index is -0.549. The van der Waals surface area contributed by atoms with Gasteiger partial charge in [-0.15, -0.1) is 0 Å². The minimum Gasteiger partial charge on any atom is -0.311 e. The Bertz CT molecular complexity index is 3100. The number of benzene rings is 9. The van der Waals surface area contributed by atoms with Crippen LogP contribution in [0.2, 0.25) is 0 Å². The van der Waals surface area contributed by atoms with Crippen molar-refractivity contribution >= 4 is 67.7 Å². The Hall–Kier alpha value is -7.27. The van der Waals surface area contributed by atoms with Crippen molar-refractivity contribution in [2.45, 2.75) is 15.2 Å². The van der Waals surface area contributed by atoms with Gasteiger partial charge in [0.25, 0.3) is 0 Å². The molecule has 12 rings (SSSR count). The fourth-order valence-corrected chi connectivity index (χ4v) is 11.2. The number of anilines is 6. The molecule has 3 nitrogen and oxygen atoms in total. The molecule has 4 heteroatoms. The van der Waals surface area contributed by atoms with E-state index in [9.17, 15) is 0 Å². The van der Waals surface area contributed by atoms with Crippen LogP contribution in [0.15, 0.2) is 234 Å². The van der Waals surface area contributed by atoms with E-state index in [0.717, 1.165) is 28.4 Å². The van der Waals surface area contributed by atoms with Gasteiger partial charge in [0.15, 0.2) is 0 Å². The van der Waals surface area contributed by atoms with Gasteiger partial charge in [0, 0.05) is 49.0 Å². The van der Waals surface area contributed by atoms with Crippen molar-refractivity contribution in [1.82, 2.24) is 4.57 Å². The molecule has 0 saturated carbocycles. The molecule has 0 atom stereocenters. The molecule has 1 spiro atoms. The Balaban J connectivity index is 1.10. The number of nitrogens with zero attached hydrogens (tertiary/aromatic N) is 3. The lowest BCUT2D eigenvalue weighted by Crippen LogP contribution is -2.39. The Morgan fingerprint density at radius 2 is 0.898 bits per heavy atom. The van der Waals surface area contributed by atoms with Crippen LogP contribution < -0.4 is 9.80 Å². The topological polar surface area (TPSA) is 11.4 Å². The molecule has 0 amide bonds. The lowest BCUT2D eigenvalue weighted by molar-refractivity contribution is 0.695. The van der Waals surface area contributed by atoms with Gasteiger partial charge < -0.3 is 14.4 Å². The highest BCUT2D eigenvalue weighted by atomic mass is 32.2. The molecule has 0 unspecified atom stereocenters. The maximum absolute atomic E-state index is 2.46. The summed E-state index contributed by atoms with van der Waals surface area (Å²) in [4.78, 5) is 7.36. The fraction of sp³-hybridized carbons (Fsp3) is 0.0182. The average molecular weight is 772 g/mol. The average Bonchev–Trinajstić information content (AvgIpc) is 3.65. The van der Waals surface area contributed by atoms with Crippen LogP contribution in [-0.4, -0.2) is 4.57 Å². The highest BCUT2D eigenvalue weighted by Gasteiger charge is 2.50.